The average molecular weight is 364 g/mol. The van der Waals surface area contributed by atoms with Crippen LogP contribution in [0.4, 0.5) is 11.4 Å². The topological polar surface area (TPSA) is 103 Å². The first-order valence-electron chi connectivity index (χ1n) is 8.36. The molecule has 0 heterocycles. The Bertz CT molecular complexity index is 991. The smallest absolute Gasteiger partial charge is 0.276 e. The van der Waals surface area contributed by atoms with Crippen LogP contribution in [0.25, 0.3) is 12.2 Å². The maximum absolute atomic E-state index is 12.5. The number of carbonyl (C=O) groups excluding carboxylic acids is 1. The Morgan fingerprint density at radius 3 is 1.81 bits per heavy atom. The monoisotopic (exact) mass is 364 g/mol. The molecule has 0 atom stereocenters. The summed E-state index contributed by atoms with van der Waals surface area (Å²) in [5.74, 6) is -0.121. The molecule has 0 saturated heterocycles. The number of Topliss-reactive ketones (excluding diaryl/α,β-unsaturated/α-hetero) is 1. The zero-order chi connectivity index (χ0) is 19.4. The van der Waals surface area contributed by atoms with Crippen molar-refractivity contribution in [2.75, 3.05) is 0 Å². The number of hydrogen-bond donors (Lipinski definition) is 0. The number of allylic oxidation sites excluding steroid dienone is 2. The Balaban J connectivity index is 1.84. The molecule has 7 heteroatoms. The van der Waals surface area contributed by atoms with Gasteiger partial charge in [0.2, 0.25) is 0 Å². The van der Waals surface area contributed by atoms with E-state index in [0.29, 0.717) is 29.5 Å². The van der Waals surface area contributed by atoms with Crippen LogP contribution in [0.3, 0.4) is 0 Å². The fraction of sp³-hybridized carbons (Fsp3) is 0.150. The molecule has 1 fully saturated rings. The van der Waals surface area contributed by atoms with E-state index < -0.39 is 9.85 Å². The summed E-state index contributed by atoms with van der Waals surface area (Å²) >= 11 is 0. The summed E-state index contributed by atoms with van der Waals surface area (Å²) in [5.41, 5.74) is 2.17. The van der Waals surface area contributed by atoms with Crippen LogP contribution in [0.2, 0.25) is 0 Å². The van der Waals surface area contributed by atoms with Gasteiger partial charge in [0.05, 0.1) is 21.0 Å². The second-order valence-electron chi connectivity index (χ2n) is 6.20. The molecule has 27 heavy (non-hydrogen) atoms. The molecule has 0 unspecified atom stereocenters. The van der Waals surface area contributed by atoms with Gasteiger partial charge in [-0.05, 0) is 42.7 Å². The summed E-state index contributed by atoms with van der Waals surface area (Å²) in [4.78, 5) is 33.8. The molecule has 136 valence electrons. The van der Waals surface area contributed by atoms with E-state index in [4.69, 9.17) is 0 Å². The first-order chi connectivity index (χ1) is 13.0. The second kappa shape index (κ2) is 7.74. The van der Waals surface area contributed by atoms with Gasteiger partial charge in [-0.15, -0.1) is 0 Å². The van der Waals surface area contributed by atoms with E-state index in [1.807, 2.05) is 0 Å². The lowest BCUT2D eigenvalue weighted by Crippen LogP contribution is -2.11. The van der Waals surface area contributed by atoms with Gasteiger partial charge in [0.15, 0.2) is 5.78 Å². The van der Waals surface area contributed by atoms with E-state index in [9.17, 15) is 25.0 Å². The molecular formula is C20H16N2O5. The molecular weight excluding hydrogens is 348 g/mol. The minimum atomic E-state index is -0.473. The highest BCUT2D eigenvalue weighted by molar-refractivity contribution is 6.02. The van der Waals surface area contributed by atoms with Gasteiger partial charge in [-0.25, -0.2) is 0 Å². The Morgan fingerprint density at radius 1 is 0.778 bits per heavy atom. The van der Waals surface area contributed by atoms with Crippen molar-refractivity contribution in [3.63, 3.8) is 0 Å². The van der Waals surface area contributed by atoms with Crippen LogP contribution < -0.4 is 0 Å². The number of para-hydroxylation sites is 2. The standard InChI is InChI=1S/C20H16N2O5/c23-20-12-14(11-15-5-1-3-7-18(15)21(24)25)9-10-17(20)13-16-6-2-4-8-19(16)22(26)27/h1-8,11,13H,9-10,12H2/b14-11+,17-13+. The molecule has 0 amide bonds. The van der Waals surface area contributed by atoms with Crippen molar-refractivity contribution in [2.24, 2.45) is 0 Å². The highest BCUT2D eigenvalue weighted by atomic mass is 16.6. The summed E-state index contributed by atoms with van der Waals surface area (Å²) in [6.45, 7) is 0. The third-order valence-electron chi connectivity index (χ3n) is 4.42. The lowest BCUT2D eigenvalue weighted by molar-refractivity contribution is -0.385. The van der Waals surface area contributed by atoms with Crippen molar-refractivity contribution in [2.45, 2.75) is 19.3 Å². The van der Waals surface area contributed by atoms with E-state index in [0.717, 1.165) is 5.57 Å². The van der Waals surface area contributed by atoms with Crippen molar-refractivity contribution < 1.29 is 14.6 Å². The SMILES string of the molecule is O=C1C/C(=C/c2ccccc2[N+](=O)[O-])CC/C1=C\c1ccccc1[N+](=O)[O-]. The van der Waals surface area contributed by atoms with Gasteiger partial charge in [-0.3, -0.25) is 25.0 Å². The largest absolute Gasteiger partial charge is 0.294 e. The maximum Gasteiger partial charge on any atom is 0.276 e. The summed E-state index contributed by atoms with van der Waals surface area (Å²) in [7, 11) is 0. The zero-order valence-electron chi connectivity index (χ0n) is 14.3. The molecule has 0 aliphatic heterocycles. The molecule has 2 aromatic rings. The van der Waals surface area contributed by atoms with Crippen LogP contribution >= 0.6 is 0 Å². The zero-order valence-corrected chi connectivity index (χ0v) is 14.3. The second-order valence-corrected chi connectivity index (χ2v) is 6.20. The van der Waals surface area contributed by atoms with E-state index in [-0.39, 0.29) is 23.6 Å². The molecule has 1 aliphatic rings. The fourth-order valence-corrected chi connectivity index (χ4v) is 3.08. The number of rotatable bonds is 4. The molecule has 0 spiro atoms. The minimum absolute atomic E-state index is 0.00121. The predicted molar refractivity (Wildman–Crippen MR) is 101 cm³/mol. The molecule has 0 N–H and O–H groups in total. The van der Waals surface area contributed by atoms with Crippen LogP contribution in [0.1, 0.15) is 30.4 Å². The van der Waals surface area contributed by atoms with E-state index >= 15 is 0 Å². The molecule has 7 nitrogen and oxygen atoms in total. The van der Waals surface area contributed by atoms with Gasteiger partial charge in [-0.1, -0.05) is 29.8 Å². The van der Waals surface area contributed by atoms with Gasteiger partial charge >= 0.3 is 0 Å². The quantitative estimate of drug-likeness (QED) is 0.443. The summed E-state index contributed by atoms with van der Waals surface area (Å²) < 4.78 is 0. The van der Waals surface area contributed by atoms with Crippen molar-refractivity contribution in [1.29, 1.82) is 0 Å². The Hall–Kier alpha value is -3.61. The van der Waals surface area contributed by atoms with Gasteiger partial charge in [0.1, 0.15) is 0 Å². The Kier molecular flexibility index (Phi) is 5.21. The normalized spacial score (nSPS) is 17.3. The van der Waals surface area contributed by atoms with Crippen LogP contribution in [0.5, 0.6) is 0 Å². The van der Waals surface area contributed by atoms with Crippen LogP contribution in [0.15, 0.2) is 59.7 Å². The van der Waals surface area contributed by atoms with Gasteiger partial charge in [0.25, 0.3) is 11.4 Å². The number of carbonyl (C=O) groups is 1. The molecule has 0 bridgehead atoms. The van der Waals surface area contributed by atoms with E-state index in [2.05, 4.69) is 0 Å². The minimum Gasteiger partial charge on any atom is -0.294 e. The summed E-state index contributed by atoms with van der Waals surface area (Å²) in [5, 5.41) is 22.2. The first-order valence-corrected chi connectivity index (χ1v) is 8.36. The third-order valence-corrected chi connectivity index (χ3v) is 4.42. The van der Waals surface area contributed by atoms with E-state index in [1.165, 1.54) is 12.1 Å². The highest BCUT2D eigenvalue weighted by Gasteiger charge is 2.21. The first kappa shape index (κ1) is 18.2. The van der Waals surface area contributed by atoms with Gasteiger partial charge < -0.3 is 0 Å². The summed E-state index contributed by atoms with van der Waals surface area (Å²) in [6.07, 6.45) is 4.43. The van der Waals surface area contributed by atoms with Gasteiger partial charge in [0, 0.05) is 18.6 Å². The van der Waals surface area contributed by atoms with Crippen molar-refractivity contribution in [3.8, 4) is 0 Å². The lowest BCUT2D eigenvalue weighted by atomic mass is 9.87. The van der Waals surface area contributed by atoms with Crippen LogP contribution in [-0.2, 0) is 4.79 Å². The van der Waals surface area contributed by atoms with Crippen LogP contribution in [0, 0.1) is 20.2 Å². The maximum atomic E-state index is 12.5. The van der Waals surface area contributed by atoms with Gasteiger partial charge in [-0.2, -0.15) is 0 Å². The Morgan fingerprint density at radius 2 is 1.30 bits per heavy atom. The van der Waals surface area contributed by atoms with Crippen molar-refractivity contribution in [1.82, 2.24) is 0 Å². The number of benzene rings is 2. The lowest BCUT2D eigenvalue weighted by Gasteiger charge is -2.16. The van der Waals surface area contributed by atoms with Crippen molar-refractivity contribution >= 4 is 29.3 Å². The number of nitrogens with zero attached hydrogens (tertiary/aromatic N) is 2. The number of ketones is 1. The molecule has 1 aliphatic carbocycles. The fourth-order valence-electron chi connectivity index (χ4n) is 3.08. The molecule has 2 aromatic carbocycles. The number of hydrogen-bond acceptors (Lipinski definition) is 5. The number of nitro groups is 2. The number of nitro benzene ring substituents is 2. The molecule has 3 rings (SSSR count). The van der Waals surface area contributed by atoms with Crippen LogP contribution in [-0.4, -0.2) is 15.6 Å². The molecule has 0 radical (unpaired) electrons. The third kappa shape index (κ3) is 4.14. The molecule has 1 saturated carbocycles. The average Bonchev–Trinajstić information content (AvgIpc) is 2.64. The summed E-state index contributed by atoms with van der Waals surface area (Å²) in [6, 6.07) is 12.7. The molecule has 0 aromatic heterocycles. The Labute approximate surface area is 154 Å². The predicted octanol–water partition coefficient (Wildman–Crippen LogP) is 4.72. The highest BCUT2D eigenvalue weighted by Crippen LogP contribution is 2.31. The van der Waals surface area contributed by atoms with E-state index in [1.54, 1.807) is 48.6 Å². The van der Waals surface area contributed by atoms with Crippen molar-refractivity contribution in [3.05, 3.63) is 91.0 Å².